The van der Waals surface area contributed by atoms with Crippen LogP contribution >= 0.6 is 23.5 Å². The molecule has 0 bridgehead atoms. The number of hydrogen-bond donors (Lipinski definition) is 1. The average molecular weight is 2000 g/mol. The average Bonchev–Trinajstić information content (AvgIpc) is 3.52. The number of hydrogen-bond acceptors (Lipinski definition) is 14. The van der Waals surface area contributed by atoms with Gasteiger partial charge in [0, 0.05) is 424 Å². The second kappa shape index (κ2) is 70.6. The van der Waals surface area contributed by atoms with Crippen LogP contribution in [0.3, 0.4) is 0 Å². The maximum atomic E-state index is 9.21. The third kappa shape index (κ3) is 56.0. The second-order valence-electron chi connectivity index (χ2n) is 9.98. The Balaban J connectivity index is 0.000000552. The van der Waals surface area contributed by atoms with E-state index in [4.69, 9.17) is 59.0 Å². The molecule has 4 rings (SSSR count). The maximum Gasteiger partial charge on any atom is 0.261 e. The van der Waals surface area contributed by atoms with E-state index in [0.29, 0.717) is 46.6 Å². The van der Waals surface area contributed by atoms with Crippen LogP contribution in [0.2, 0.25) is 0 Å². The van der Waals surface area contributed by atoms with Crippen LogP contribution in [0.25, 0.3) is 0 Å². The minimum atomic E-state index is -0.126. The van der Waals surface area contributed by atoms with Gasteiger partial charge in [0.05, 0.1) is 25.5 Å². The summed E-state index contributed by atoms with van der Waals surface area (Å²) in [6, 6.07) is 19.8. The summed E-state index contributed by atoms with van der Waals surface area (Å²) < 4.78 is 16.5. The van der Waals surface area contributed by atoms with Crippen LogP contribution in [0.15, 0.2) is 83.4 Å². The summed E-state index contributed by atoms with van der Waals surface area (Å²) in [4.78, 5) is 16.8. The Bertz CT molecular complexity index is 4450. The third-order valence-electron chi connectivity index (χ3n) is 5.81. The summed E-state index contributed by atoms with van der Waals surface area (Å²) in [6.45, 7) is 0.763. The summed E-state index contributed by atoms with van der Waals surface area (Å²) in [5.74, 6) is 1.46. The molecule has 0 aliphatic carbocycles. The van der Waals surface area contributed by atoms with Gasteiger partial charge in [-0.2, -0.15) is 9.97 Å². The van der Waals surface area contributed by atoms with Crippen LogP contribution in [-0.2, 0) is 438 Å². The maximum absolute atomic E-state index is 9.21. The lowest BCUT2D eigenvalue weighted by molar-refractivity contribution is 0.250. The lowest BCUT2D eigenvalue weighted by atomic mass is 10.2. The highest BCUT2D eigenvalue weighted by molar-refractivity contribution is 8.81. The number of aliphatic hydroxyl groups excluding tert-OH is 1. The summed E-state index contributed by atoms with van der Waals surface area (Å²) in [7, 11) is 74.2. The first kappa shape index (κ1) is 86.8. The molecule has 0 saturated carbocycles. The quantitative estimate of drug-likeness (QED) is 0.172. The molecule has 1 N–H and O–H groups in total. The standard InChI is InChI=1S/2C13H14N2O2S.S26.S20/c1-16-11-8-14-13(18-2)15-12(11)17-9-10-6-4-3-5-7-10;1-18-13-14-7-11(8-16)12(15-13)17-9-10-5-3-2-4-6-10;1-3-5-7-9-11-13-15-17-19-21-23-25-26-24-22-20-18-16-14-12-10-8-6-4-2;1-3-5-7-9-11-13-15-17-19-20-18-16-14-12-10-8-6-4-2/h3-8H,9H2,1-2H3;2-7,16H,8-9H2,1H3;;. The Hall–Kier alpha value is 6.78. The van der Waals surface area contributed by atoms with Crippen molar-refractivity contribution in [2.75, 3.05) is 19.6 Å². The van der Waals surface area contributed by atoms with Crippen molar-refractivity contribution in [3.05, 3.63) is 89.7 Å². The zero-order chi connectivity index (χ0) is 59.3. The predicted molar refractivity (Wildman–Crippen MR) is 480 cm³/mol. The highest BCUT2D eigenvalue weighted by atomic mass is 33.5. The van der Waals surface area contributed by atoms with E-state index >= 15 is 0 Å². The molecule has 0 atom stereocenters. The first-order valence-electron chi connectivity index (χ1n) is 18.3. The SMILES string of the molecule is COc1cnc(SC)nc1OCc1ccccc1.CSc1ncc(CO)c(OCc2ccccc2)n1.S=S=S=S=S=S=S=S=S=S=S=S=S=S=S=S=S=S=S=S.S=S=S=S=S=S=S=S=S=S=S=S=S=S=S=S=S=S=S=S=S=S=S=S=S=S. The van der Waals surface area contributed by atoms with Gasteiger partial charge in [-0.1, -0.05) is 84.2 Å². The number of rotatable bonds is 10. The topological polar surface area (TPSA) is 99.5 Å². The number of ether oxygens (including phenoxy) is 3. The number of methoxy groups -OCH3 is 1. The van der Waals surface area contributed by atoms with E-state index in [0.717, 1.165) is 11.1 Å². The number of aromatic nitrogens is 4. The first-order chi connectivity index (χ1) is 40.5. The van der Waals surface area contributed by atoms with Crippen LogP contribution < -0.4 is 14.2 Å². The van der Waals surface area contributed by atoms with Crippen molar-refractivity contribution in [2.45, 2.75) is 30.1 Å². The minimum absolute atomic E-state index is 0.126. The van der Waals surface area contributed by atoms with Crippen LogP contribution in [-0.4, -0.2) is 44.7 Å². The molecular weight excluding hydrogens is 1970 g/mol. The predicted octanol–water partition coefficient (Wildman–Crippen LogP) is 4.95. The van der Waals surface area contributed by atoms with E-state index < -0.39 is 0 Å². The molecule has 0 saturated heterocycles. The molecule has 0 radical (unpaired) electrons. The van der Waals surface area contributed by atoms with Crippen molar-refractivity contribution < 1.29 is 19.3 Å². The summed E-state index contributed by atoms with van der Waals surface area (Å²) in [5, 5.41) is 10.5. The molecule has 0 aliphatic heterocycles. The number of thioether (sulfide) groups is 2. The highest BCUT2D eigenvalue weighted by Crippen LogP contribution is 2.26. The fourth-order valence-electron chi connectivity index (χ4n) is 3.27. The molecule has 464 valence electrons. The van der Waals surface area contributed by atoms with Gasteiger partial charge < -0.3 is 19.3 Å². The Labute approximate surface area is 623 Å². The Morgan fingerprint density at radius 3 is 0.878 bits per heavy atom. The van der Waals surface area contributed by atoms with E-state index in [1.807, 2.05) is 144 Å². The Morgan fingerprint density at radius 1 is 0.366 bits per heavy atom. The fourth-order valence-corrected chi connectivity index (χ4v) is 108. The minimum Gasteiger partial charge on any atom is -0.490 e. The second-order valence-corrected chi connectivity index (χ2v) is 85.8. The number of nitrogens with zero attached hydrogens (tertiary/aromatic N) is 4. The molecule has 0 amide bonds. The highest BCUT2D eigenvalue weighted by Gasteiger charge is 2.09. The molecule has 56 heteroatoms. The van der Waals surface area contributed by atoms with Gasteiger partial charge in [0.25, 0.3) is 5.88 Å². The van der Waals surface area contributed by atoms with Crippen molar-refractivity contribution in [3.8, 4) is 17.5 Å². The van der Waals surface area contributed by atoms with E-state index in [9.17, 15) is 5.11 Å². The molecule has 0 aliphatic rings. The lowest BCUT2D eigenvalue weighted by Crippen LogP contribution is -2.02. The van der Waals surface area contributed by atoms with Crippen molar-refractivity contribution in [2.24, 2.45) is 0 Å². The summed E-state index contributed by atoms with van der Waals surface area (Å²) >= 11 is 22.0. The van der Waals surface area contributed by atoms with Gasteiger partial charge in [-0.15, -0.1) is 0 Å². The molecule has 2 aromatic carbocycles. The zero-order valence-corrected chi connectivity index (χ0v) is 78.3. The van der Waals surface area contributed by atoms with Crippen molar-refractivity contribution >= 4 is 441 Å². The normalized spacial score (nSPS) is 8.68. The summed E-state index contributed by atoms with van der Waals surface area (Å²) in [6.07, 6.45) is 7.04. The van der Waals surface area contributed by atoms with Gasteiger partial charge in [0.1, 0.15) is 13.2 Å². The molecule has 4 aromatic rings. The van der Waals surface area contributed by atoms with Gasteiger partial charge in [-0.3, -0.25) is 0 Å². The van der Waals surface area contributed by atoms with Crippen LogP contribution in [0, 0.1) is 0 Å². The molecule has 0 spiro atoms. The fraction of sp³-hybridized carbons (Fsp3) is 0.231. The third-order valence-corrected chi connectivity index (χ3v) is 95.8. The lowest BCUT2D eigenvalue weighted by Gasteiger charge is -2.09. The van der Waals surface area contributed by atoms with Gasteiger partial charge >= 0.3 is 0 Å². The zero-order valence-electron chi connectivity index (χ0n) is 39.1. The molecule has 2 heterocycles. The van der Waals surface area contributed by atoms with Gasteiger partial charge in [-0.05, 0) is 23.6 Å². The van der Waals surface area contributed by atoms with Crippen LogP contribution in [0.4, 0.5) is 0 Å². The monoisotopic (exact) mass is 1990 g/mol. The van der Waals surface area contributed by atoms with E-state index in [-0.39, 0.29) is 6.61 Å². The molecule has 0 fully saturated rings. The Kier molecular flexibility index (Phi) is 74.7. The molecule has 2 aromatic heterocycles. The Morgan fingerprint density at radius 2 is 0.622 bits per heavy atom. The molecule has 8 nitrogen and oxygen atoms in total. The summed E-state index contributed by atoms with van der Waals surface area (Å²) in [5.41, 5.74) is 2.75. The number of benzene rings is 2. The van der Waals surface area contributed by atoms with Crippen molar-refractivity contribution in [1.82, 2.24) is 19.9 Å². The smallest absolute Gasteiger partial charge is 0.261 e. The van der Waals surface area contributed by atoms with E-state index in [2.05, 4.69) is 19.9 Å². The number of aliphatic hydroxyl groups is 1. The van der Waals surface area contributed by atoms with E-state index in [1.165, 1.54) is 59.0 Å². The van der Waals surface area contributed by atoms with Gasteiger partial charge in [0.2, 0.25) is 5.88 Å². The molecular formula is C26H28N4O4S48. The van der Waals surface area contributed by atoms with Gasteiger partial charge in [-0.25, -0.2) is 9.97 Å². The van der Waals surface area contributed by atoms with Crippen LogP contribution in [0.5, 0.6) is 17.5 Å². The largest absolute Gasteiger partial charge is 0.490 e. The molecule has 82 heavy (non-hydrogen) atoms. The van der Waals surface area contributed by atoms with E-state index in [1.54, 1.807) is 286 Å². The van der Waals surface area contributed by atoms with Crippen molar-refractivity contribution in [1.29, 1.82) is 0 Å². The first-order valence-corrected chi connectivity index (χ1v) is 79.4. The van der Waals surface area contributed by atoms with Crippen LogP contribution in [0.1, 0.15) is 16.7 Å². The van der Waals surface area contributed by atoms with Crippen molar-refractivity contribution in [3.63, 3.8) is 0 Å². The van der Waals surface area contributed by atoms with Gasteiger partial charge in [0.15, 0.2) is 16.1 Å². The molecule has 0 unspecified atom stereocenters.